The maximum absolute atomic E-state index is 11.3. The number of carbonyl (C=O) groups is 2. The Hall–Kier alpha value is -3.40. The molecule has 4 heteroatoms. The number of phenols is 2. The average Bonchev–Trinajstić information content (AvgIpc) is 2.72. The Balaban J connectivity index is 2.22. The monoisotopic (exact) mass is 374 g/mol. The van der Waals surface area contributed by atoms with Gasteiger partial charge in [0, 0.05) is 28.2 Å². The quantitative estimate of drug-likeness (QED) is 0.458. The van der Waals surface area contributed by atoms with Gasteiger partial charge in [0.1, 0.15) is 24.1 Å². The van der Waals surface area contributed by atoms with Crippen LogP contribution in [0.5, 0.6) is 11.5 Å². The second-order valence-corrected chi connectivity index (χ2v) is 6.80. The predicted octanol–water partition coefficient (Wildman–Crippen LogP) is 4.86. The molecule has 2 N–H and O–H groups in total. The van der Waals surface area contributed by atoms with Gasteiger partial charge in [0.15, 0.2) is 0 Å². The number of aldehydes is 2. The Morgan fingerprint density at radius 2 is 1.29 bits per heavy atom. The molecular weight excluding hydrogens is 352 g/mol. The van der Waals surface area contributed by atoms with Crippen molar-refractivity contribution in [3.63, 3.8) is 0 Å². The molecule has 0 amide bonds. The van der Waals surface area contributed by atoms with Gasteiger partial charge in [0.2, 0.25) is 0 Å². The fourth-order valence-electron chi connectivity index (χ4n) is 3.45. The number of hydrogen-bond acceptors (Lipinski definition) is 4. The van der Waals surface area contributed by atoms with Gasteiger partial charge in [-0.2, -0.15) is 0 Å². The van der Waals surface area contributed by atoms with E-state index in [1.165, 1.54) is 29.8 Å². The van der Waals surface area contributed by atoms with E-state index in [0.29, 0.717) is 34.8 Å². The summed E-state index contributed by atoms with van der Waals surface area (Å²) in [5.74, 6) is -0.497. The van der Waals surface area contributed by atoms with Crippen LogP contribution in [0.4, 0.5) is 0 Å². The lowest BCUT2D eigenvalue weighted by Gasteiger charge is -2.22. The SMILES string of the molecule is CCCc1ccc(C(c2cc(C=O)ccc2O)c2cc(C=O)ccc2O)cc1. The van der Waals surface area contributed by atoms with Gasteiger partial charge in [-0.3, -0.25) is 9.59 Å². The largest absolute Gasteiger partial charge is 0.508 e. The van der Waals surface area contributed by atoms with Gasteiger partial charge >= 0.3 is 0 Å². The van der Waals surface area contributed by atoms with E-state index >= 15 is 0 Å². The molecule has 3 rings (SSSR count). The Bertz CT molecular complexity index is 932. The van der Waals surface area contributed by atoms with E-state index in [4.69, 9.17) is 0 Å². The molecule has 0 spiro atoms. The maximum atomic E-state index is 11.3. The topological polar surface area (TPSA) is 74.6 Å². The molecule has 0 aliphatic heterocycles. The van der Waals surface area contributed by atoms with Gasteiger partial charge in [0.05, 0.1) is 0 Å². The van der Waals surface area contributed by atoms with Crippen molar-refractivity contribution < 1.29 is 19.8 Å². The zero-order chi connectivity index (χ0) is 20.1. The average molecular weight is 374 g/mol. The van der Waals surface area contributed by atoms with E-state index in [2.05, 4.69) is 6.92 Å². The van der Waals surface area contributed by atoms with Crippen LogP contribution in [0.15, 0.2) is 60.7 Å². The van der Waals surface area contributed by atoms with E-state index in [1.807, 2.05) is 24.3 Å². The summed E-state index contributed by atoms with van der Waals surface area (Å²) in [6, 6.07) is 17.2. The molecule has 0 heterocycles. The molecule has 142 valence electrons. The first-order chi connectivity index (χ1) is 13.6. The smallest absolute Gasteiger partial charge is 0.150 e. The van der Waals surface area contributed by atoms with Crippen LogP contribution in [-0.2, 0) is 6.42 Å². The summed E-state index contributed by atoms with van der Waals surface area (Å²) in [6.07, 6.45) is 3.42. The van der Waals surface area contributed by atoms with Gasteiger partial charge < -0.3 is 10.2 Å². The molecule has 0 saturated heterocycles. The van der Waals surface area contributed by atoms with Crippen molar-refractivity contribution in [1.29, 1.82) is 0 Å². The molecule has 0 aliphatic carbocycles. The normalized spacial score (nSPS) is 10.8. The summed E-state index contributed by atoms with van der Waals surface area (Å²) in [5.41, 5.74) is 3.87. The van der Waals surface area contributed by atoms with E-state index in [9.17, 15) is 19.8 Å². The first kappa shape index (κ1) is 19.4. The molecule has 0 bridgehead atoms. The minimum absolute atomic E-state index is 0.0177. The molecule has 0 radical (unpaired) electrons. The Morgan fingerprint density at radius 3 is 1.71 bits per heavy atom. The third-order valence-electron chi connectivity index (χ3n) is 4.85. The van der Waals surface area contributed by atoms with Crippen LogP contribution in [0.2, 0.25) is 0 Å². The molecular formula is C24H22O4. The summed E-state index contributed by atoms with van der Waals surface area (Å²) in [6.45, 7) is 2.11. The van der Waals surface area contributed by atoms with Crippen LogP contribution in [0.25, 0.3) is 0 Å². The van der Waals surface area contributed by atoms with Crippen molar-refractivity contribution in [3.05, 3.63) is 94.0 Å². The number of rotatable bonds is 7. The van der Waals surface area contributed by atoms with Crippen LogP contribution in [0, 0.1) is 0 Å². The number of aryl methyl sites for hydroxylation is 1. The highest BCUT2D eigenvalue weighted by Gasteiger charge is 2.23. The molecule has 0 aliphatic rings. The third kappa shape index (κ3) is 3.96. The standard InChI is InChI=1S/C24H22O4/c1-2-3-16-4-8-19(9-5-16)24(20-12-17(14-25)6-10-22(20)27)21-13-18(15-26)7-11-23(21)28/h4-15,24,27-28H,2-3H2,1H3. The Morgan fingerprint density at radius 1 is 0.786 bits per heavy atom. The van der Waals surface area contributed by atoms with E-state index in [0.717, 1.165) is 18.4 Å². The molecule has 28 heavy (non-hydrogen) atoms. The zero-order valence-corrected chi connectivity index (χ0v) is 15.6. The summed E-state index contributed by atoms with van der Waals surface area (Å²) in [7, 11) is 0. The van der Waals surface area contributed by atoms with Gasteiger partial charge in [0.25, 0.3) is 0 Å². The van der Waals surface area contributed by atoms with Gasteiger partial charge in [-0.25, -0.2) is 0 Å². The van der Waals surface area contributed by atoms with Crippen LogP contribution in [0.1, 0.15) is 62.2 Å². The number of benzene rings is 3. The summed E-state index contributed by atoms with van der Waals surface area (Å²) in [4.78, 5) is 22.5. The van der Waals surface area contributed by atoms with Gasteiger partial charge in [-0.1, -0.05) is 37.6 Å². The van der Waals surface area contributed by atoms with Crippen LogP contribution in [0.3, 0.4) is 0 Å². The lowest BCUT2D eigenvalue weighted by molar-refractivity contribution is 0.111. The number of phenolic OH excluding ortho intramolecular Hbond substituents is 2. The molecule has 0 saturated carbocycles. The summed E-state index contributed by atoms with van der Waals surface area (Å²) in [5, 5.41) is 21.0. The maximum Gasteiger partial charge on any atom is 0.150 e. The Labute approximate surface area is 164 Å². The van der Waals surface area contributed by atoms with Crippen molar-refractivity contribution in [3.8, 4) is 11.5 Å². The second kappa shape index (κ2) is 8.53. The van der Waals surface area contributed by atoms with Crippen molar-refractivity contribution in [1.82, 2.24) is 0 Å². The summed E-state index contributed by atoms with van der Waals surface area (Å²) >= 11 is 0. The van der Waals surface area contributed by atoms with E-state index in [1.54, 1.807) is 12.1 Å². The first-order valence-electron chi connectivity index (χ1n) is 9.22. The van der Waals surface area contributed by atoms with Crippen molar-refractivity contribution in [2.75, 3.05) is 0 Å². The molecule has 3 aromatic carbocycles. The van der Waals surface area contributed by atoms with Gasteiger partial charge in [-0.05, 0) is 53.9 Å². The second-order valence-electron chi connectivity index (χ2n) is 6.80. The third-order valence-corrected chi connectivity index (χ3v) is 4.85. The number of hydrogen-bond donors (Lipinski definition) is 2. The highest BCUT2D eigenvalue weighted by Crippen LogP contribution is 2.41. The van der Waals surface area contributed by atoms with E-state index < -0.39 is 5.92 Å². The number of aromatic hydroxyl groups is 2. The molecule has 3 aromatic rings. The fourth-order valence-corrected chi connectivity index (χ4v) is 3.45. The van der Waals surface area contributed by atoms with E-state index in [-0.39, 0.29) is 11.5 Å². The van der Waals surface area contributed by atoms with Gasteiger partial charge in [-0.15, -0.1) is 0 Å². The molecule has 4 nitrogen and oxygen atoms in total. The highest BCUT2D eigenvalue weighted by atomic mass is 16.3. The first-order valence-corrected chi connectivity index (χ1v) is 9.22. The lowest BCUT2D eigenvalue weighted by Crippen LogP contribution is -2.06. The van der Waals surface area contributed by atoms with Crippen molar-refractivity contribution in [2.24, 2.45) is 0 Å². The molecule has 0 unspecified atom stereocenters. The molecule has 0 fully saturated rings. The Kier molecular flexibility index (Phi) is 5.90. The summed E-state index contributed by atoms with van der Waals surface area (Å²) < 4.78 is 0. The fraction of sp³-hybridized carbons (Fsp3) is 0.167. The minimum Gasteiger partial charge on any atom is -0.508 e. The van der Waals surface area contributed by atoms with Crippen molar-refractivity contribution >= 4 is 12.6 Å². The zero-order valence-electron chi connectivity index (χ0n) is 15.6. The predicted molar refractivity (Wildman–Crippen MR) is 108 cm³/mol. The van der Waals surface area contributed by atoms with Crippen LogP contribution >= 0.6 is 0 Å². The van der Waals surface area contributed by atoms with Crippen molar-refractivity contribution in [2.45, 2.75) is 25.7 Å². The molecule has 0 aromatic heterocycles. The van der Waals surface area contributed by atoms with Crippen LogP contribution < -0.4 is 0 Å². The van der Waals surface area contributed by atoms with Crippen LogP contribution in [-0.4, -0.2) is 22.8 Å². The number of carbonyl (C=O) groups excluding carboxylic acids is 2. The highest BCUT2D eigenvalue weighted by molar-refractivity contribution is 5.77. The molecule has 0 atom stereocenters. The lowest BCUT2D eigenvalue weighted by atomic mass is 9.82. The minimum atomic E-state index is -0.532.